The molecule has 8 heteroatoms. The highest BCUT2D eigenvalue weighted by molar-refractivity contribution is 5.82. The largest absolute Gasteiger partial charge is 0.479 e. The second-order valence-electron chi connectivity index (χ2n) is 8.38. The van der Waals surface area contributed by atoms with Crippen molar-refractivity contribution in [3.05, 3.63) is 74.9 Å². The van der Waals surface area contributed by atoms with E-state index in [0.717, 1.165) is 10.9 Å². The fraction of sp³-hybridized carbons (Fsp3) is 0.269. The second kappa shape index (κ2) is 9.43. The van der Waals surface area contributed by atoms with Crippen molar-refractivity contribution < 1.29 is 27.8 Å². The quantitative estimate of drug-likeness (QED) is 0.279. The molecule has 4 rings (SSSR count). The Balaban J connectivity index is 1.55. The average Bonchev–Trinajstić information content (AvgIpc) is 2.79. The van der Waals surface area contributed by atoms with E-state index in [1.54, 1.807) is 37.3 Å². The van der Waals surface area contributed by atoms with Gasteiger partial charge in [0.2, 0.25) is 11.2 Å². The Kier molecular flexibility index (Phi) is 6.40. The summed E-state index contributed by atoms with van der Waals surface area (Å²) in [5, 5.41) is 1.05. The summed E-state index contributed by atoms with van der Waals surface area (Å²) in [6.45, 7) is 7.60. The van der Waals surface area contributed by atoms with Gasteiger partial charge >= 0.3 is 11.6 Å². The van der Waals surface area contributed by atoms with Gasteiger partial charge in [0.05, 0.1) is 12.0 Å². The summed E-state index contributed by atoms with van der Waals surface area (Å²) in [7, 11) is 0. The number of carbonyl (C=O) groups excluding carboxylic acids is 1. The monoisotopic (exact) mass is 464 g/mol. The summed E-state index contributed by atoms with van der Waals surface area (Å²) in [5.41, 5.74) is 0.563. The fourth-order valence-corrected chi connectivity index (χ4v) is 3.35. The Labute approximate surface area is 194 Å². The smallest absolute Gasteiger partial charge is 0.347 e. The van der Waals surface area contributed by atoms with Crippen molar-refractivity contribution in [2.45, 2.75) is 33.8 Å². The maximum Gasteiger partial charge on any atom is 0.347 e. The van der Waals surface area contributed by atoms with Gasteiger partial charge in [-0.2, -0.15) is 0 Å². The Hall–Kier alpha value is -4.07. The minimum atomic E-state index is -0.817. The molecular formula is C26H24O8. The first kappa shape index (κ1) is 23.1. The van der Waals surface area contributed by atoms with Gasteiger partial charge in [-0.25, -0.2) is 9.59 Å². The molecule has 0 aliphatic carbocycles. The van der Waals surface area contributed by atoms with Crippen LogP contribution >= 0.6 is 0 Å². The topological polar surface area (TPSA) is 105 Å². The van der Waals surface area contributed by atoms with Crippen molar-refractivity contribution in [1.82, 2.24) is 0 Å². The zero-order valence-electron chi connectivity index (χ0n) is 19.2. The number of hydrogen-bond acceptors (Lipinski definition) is 8. The molecule has 2 heterocycles. The van der Waals surface area contributed by atoms with Crippen LogP contribution in [0.4, 0.5) is 0 Å². The Morgan fingerprint density at radius 2 is 1.65 bits per heavy atom. The normalized spacial score (nSPS) is 12.1. The van der Waals surface area contributed by atoms with Crippen molar-refractivity contribution in [2.24, 2.45) is 5.92 Å². The lowest BCUT2D eigenvalue weighted by Gasteiger charge is -2.15. The van der Waals surface area contributed by atoms with Crippen LogP contribution in [-0.4, -0.2) is 18.7 Å². The maximum atomic E-state index is 12.9. The van der Waals surface area contributed by atoms with E-state index in [2.05, 4.69) is 0 Å². The third-order valence-electron chi connectivity index (χ3n) is 5.07. The summed E-state index contributed by atoms with van der Waals surface area (Å²) in [6.07, 6.45) is 0.382. The van der Waals surface area contributed by atoms with E-state index in [9.17, 15) is 14.4 Å². The zero-order chi connectivity index (χ0) is 24.4. The van der Waals surface area contributed by atoms with E-state index >= 15 is 0 Å². The SMILES string of the molecule is Cc1cc(=O)oc2cc(Oc3coc4cc(OC(C)C(=O)OCC(C)C)ccc4c3=O)ccc12. The van der Waals surface area contributed by atoms with Crippen LogP contribution in [0.25, 0.3) is 21.9 Å². The number of carbonyl (C=O) groups is 1. The fourth-order valence-electron chi connectivity index (χ4n) is 3.35. The third-order valence-corrected chi connectivity index (χ3v) is 5.07. The molecule has 0 saturated carbocycles. The van der Waals surface area contributed by atoms with Gasteiger partial charge in [-0.1, -0.05) is 13.8 Å². The Morgan fingerprint density at radius 1 is 0.941 bits per heavy atom. The van der Waals surface area contributed by atoms with Gasteiger partial charge in [0.1, 0.15) is 28.9 Å². The van der Waals surface area contributed by atoms with Gasteiger partial charge in [0.25, 0.3) is 0 Å². The van der Waals surface area contributed by atoms with E-state index in [4.69, 9.17) is 23.0 Å². The van der Waals surface area contributed by atoms with Gasteiger partial charge in [-0.05, 0) is 49.6 Å². The van der Waals surface area contributed by atoms with Crippen molar-refractivity contribution in [1.29, 1.82) is 0 Å². The van der Waals surface area contributed by atoms with Crippen molar-refractivity contribution in [2.75, 3.05) is 6.61 Å². The van der Waals surface area contributed by atoms with E-state index in [1.807, 2.05) is 20.8 Å². The van der Waals surface area contributed by atoms with Crippen LogP contribution in [0.15, 0.2) is 67.2 Å². The highest BCUT2D eigenvalue weighted by atomic mass is 16.6. The van der Waals surface area contributed by atoms with Crippen LogP contribution < -0.4 is 20.5 Å². The molecule has 1 atom stereocenters. The van der Waals surface area contributed by atoms with Crippen molar-refractivity contribution in [3.63, 3.8) is 0 Å². The molecule has 0 aliphatic heterocycles. The molecule has 0 N–H and O–H groups in total. The van der Waals surface area contributed by atoms with Gasteiger partial charge in [-0.3, -0.25) is 4.79 Å². The number of benzene rings is 2. The van der Waals surface area contributed by atoms with Gasteiger partial charge in [0.15, 0.2) is 6.10 Å². The lowest BCUT2D eigenvalue weighted by Crippen LogP contribution is -2.27. The number of rotatable bonds is 7. The Morgan fingerprint density at radius 3 is 2.41 bits per heavy atom. The molecule has 4 aromatic rings. The first-order valence-corrected chi connectivity index (χ1v) is 10.8. The molecule has 2 aromatic heterocycles. The van der Waals surface area contributed by atoms with Gasteiger partial charge in [-0.15, -0.1) is 0 Å². The van der Waals surface area contributed by atoms with Gasteiger partial charge in [0, 0.05) is 23.6 Å². The number of aryl methyl sites for hydroxylation is 1. The summed E-state index contributed by atoms with van der Waals surface area (Å²) in [6, 6.07) is 11.0. The van der Waals surface area contributed by atoms with Crippen LogP contribution in [0.5, 0.6) is 17.2 Å². The minimum absolute atomic E-state index is 0.0267. The van der Waals surface area contributed by atoms with E-state index in [0.29, 0.717) is 23.7 Å². The number of hydrogen-bond donors (Lipinski definition) is 0. The highest BCUT2D eigenvalue weighted by Crippen LogP contribution is 2.27. The van der Waals surface area contributed by atoms with E-state index < -0.39 is 17.7 Å². The van der Waals surface area contributed by atoms with E-state index in [-0.39, 0.29) is 28.1 Å². The second-order valence-corrected chi connectivity index (χ2v) is 8.38. The van der Waals surface area contributed by atoms with Crippen LogP contribution in [0, 0.1) is 12.8 Å². The van der Waals surface area contributed by atoms with Crippen LogP contribution in [0.3, 0.4) is 0 Å². The first-order chi connectivity index (χ1) is 16.2. The molecule has 0 amide bonds. The first-order valence-electron chi connectivity index (χ1n) is 10.8. The standard InChI is InChI=1S/C26H24O8/c1-14(2)12-31-26(29)16(4)32-17-6-8-20-21(10-17)30-13-23(25(20)28)33-18-5-7-19-15(3)9-24(27)34-22(19)11-18/h5-11,13-14,16H,12H2,1-4H3. The molecule has 0 fully saturated rings. The number of fused-ring (bicyclic) bond motifs is 2. The Bertz CT molecular complexity index is 1480. The summed E-state index contributed by atoms with van der Waals surface area (Å²) in [4.78, 5) is 36.6. The van der Waals surface area contributed by atoms with Gasteiger partial charge < -0.3 is 23.0 Å². The maximum absolute atomic E-state index is 12.9. The molecular weight excluding hydrogens is 440 g/mol. The zero-order valence-corrected chi connectivity index (χ0v) is 19.2. The molecule has 0 radical (unpaired) electrons. The molecule has 2 aromatic carbocycles. The van der Waals surface area contributed by atoms with Crippen molar-refractivity contribution in [3.8, 4) is 17.2 Å². The summed E-state index contributed by atoms with van der Waals surface area (Å²) >= 11 is 0. The molecule has 8 nitrogen and oxygen atoms in total. The minimum Gasteiger partial charge on any atom is -0.479 e. The summed E-state index contributed by atoms with van der Waals surface area (Å²) < 4.78 is 27.3. The van der Waals surface area contributed by atoms with Crippen molar-refractivity contribution >= 4 is 27.9 Å². The van der Waals surface area contributed by atoms with Crippen LogP contribution in [-0.2, 0) is 9.53 Å². The number of esters is 1. The molecule has 176 valence electrons. The molecule has 34 heavy (non-hydrogen) atoms. The molecule has 0 spiro atoms. The predicted molar refractivity (Wildman–Crippen MR) is 126 cm³/mol. The predicted octanol–water partition coefficient (Wildman–Crippen LogP) is 4.97. The van der Waals surface area contributed by atoms with Crippen LogP contribution in [0.1, 0.15) is 26.3 Å². The van der Waals surface area contributed by atoms with Crippen LogP contribution in [0.2, 0.25) is 0 Å². The molecule has 1 unspecified atom stereocenters. The van der Waals surface area contributed by atoms with E-state index in [1.165, 1.54) is 18.4 Å². The third kappa shape index (κ3) is 4.96. The average molecular weight is 464 g/mol. The number of ether oxygens (including phenoxy) is 3. The molecule has 0 aliphatic rings. The highest BCUT2D eigenvalue weighted by Gasteiger charge is 2.18. The molecule has 0 bridgehead atoms. The lowest BCUT2D eigenvalue weighted by molar-refractivity contribution is -0.152. The molecule has 0 saturated heterocycles. The lowest BCUT2D eigenvalue weighted by atomic mass is 10.1. The summed E-state index contributed by atoms with van der Waals surface area (Å²) in [5.74, 6) is 0.404.